The number of rotatable bonds is 5. The molecule has 1 saturated heterocycles. The summed E-state index contributed by atoms with van der Waals surface area (Å²) in [5.41, 5.74) is 0.912. The van der Waals surface area contributed by atoms with E-state index in [2.05, 4.69) is 43.3 Å². The number of nitrogens with zero attached hydrogens (tertiary/aromatic N) is 6. The normalized spacial score (nSPS) is 17.0. The van der Waals surface area contributed by atoms with Crippen molar-refractivity contribution < 1.29 is 0 Å². The number of hydrogen-bond acceptors (Lipinski definition) is 5. The molecule has 2 aromatic rings. The largest absolute Gasteiger partial charge is 0.328 e. The molecule has 1 aliphatic heterocycles. The lowest BCUT2D eigenvalue weighted by Gasteiger charge is -2.32. The van der Waals surface area contributed by atoms with Gasteiger partial charge < -0.3 is 9.47 Å². The molecule has 0 aromatic carbocycles. The lowest BCUT2D eigenvalue weighted by molar-refractivity contribution is 0.150. The van der Waals surface area contributed by atoms with Crippen LogP contribution in [0.3, 0.4) is 0 Å². The Kier molecular flexibility index (Phi) is 4.80. The van der Waals surface area contributed by atoms with Gasteiger partial charge in [0.25, 0.3) is 0 Å². The van der Waals surface area contributed by atoms with Crippen LogP contribution in [0.15, 0.2) is 24.7 Å². The Morgan fingerprint density at radius 2 is 1.86 bits per heavy atom. The van der Waals surface area contributed by atoms with Crippen molar-refractivity contribution in [2.24, 2.45) is 0 Å². The molecule has 0 amide bonds. The van der Waals surface area contributed by atoms with Crippen molar-refractivity contribution in [2.45, 2.75) is 19.9 Å². The second-order valence-corrected chi connectivity index (χ2v) is 5.80. The average molecular weight is 300 g/mol. The summed E-state index contributed by atoms with van der Waals surface area (Å²) in [5, 5.41) is 0. The van der Waals surface area contributed by atoms with Crippen LogP contribution in [0.2, 0.25) is 0 Å². The molecule has 2 aromatic heterocycles. The summed E-state index contributed by atoms with van der Waals surface area (Å²) in [4.78, 5) is 18.2. The van der Waals surface area contributed by atoms with Gasteiger partial charge in [0, 0.05) is 64.3 Å². The van der Waals surface area contributed by atoms with Crippen LogP contribution in [0.4, 0.5) is 0 Å². The molecule has 3 heterocycles. The second kappa shape index (κ2) is 6.98. The zero-order valence-corrected chi connectivity index (χ0v) is 13.4. The van der Waals surface area contributed by atoms with Gasteiger partial charge in [-0.25, -0.2) is 15.0 Å². The fourth-order valence-corrected chi connectivity index (χ4v) is 2.74. The van der Waals surface area contributed by atoms with E-state index >= 15 is 0 Å². The molecule has 1 fully saturated rings. The molecule has 118 valence electrons. The van der Waals surface area contributed by atoms with Gasteiger partial charge in [0.15, 0.2) is 5.82 Å². The van der Waals surface area contributed by atoms with Crippen LogP contribution in [0.5, 0.6) is 0 Å². The Morgan fingerprint density at radius 1 is 1.05 bits per heavy atom. The summed E-state index contributed by atoms with van der Waals surface area (Å²) < 4.78 is 2.19. The molecule has 0 saturated carbocycles. The first kappa shape index (κ1) is 15.1. The quantitative estimate of drug-likeness (QED) is 0.829. The van der Waals surface area contributed by atoms with E-state index in [1.807, 2.05) is 24.7 Å². The fourth-order valence-electron chi connectivity index (χ4n) is 2.74. The van der Waals surface area contributed by atoms with Crippen molar-refractivity contribution in [1.29, 1.82) is 0 Å². The van der Waals surface area contributed by atoms with E-state index < -0.39 is 0 Å². The predicted molar refractivity (Wildman–Crippen MR) is 86.6 cm³/mol. The van der Waals surface area contributed by atoms with Crippen LogP contribution in [0.25, 0.3) is 11.5 Å². The summed E-state index contributed by atoms with van der Waals surface area (Å²) in [6.07, 6.45) is 6.56. The van der Waals surface area contributed by atoms with Gasteiger partial charge in [-0.05, 0) is 13.1 Å². The lowest BCUT2D eigenvalue weighted by atomic mass is 10.3. The minimum Gasteiger partial charge on any atom is -0.328 e. The van der Waals surface area contributed by atoms with E-state index in [0.717, 1.165) is 63.0 Å². The Morgan fingerprint density at radius 3 is 2.64 bits per heavy atom. The van der Waals surface area contributed by atoms with Gasteiger partial charge in [0.1, 0.15) is 11.5 Å². The summed E-state index contributed by atoms with van der Waals surface area (Å²) in [6, 6.07) is 1.94. The van der Waals surface area contributed by atoms with Crippen LogP contribution in [0.1, 0.15) is 12.7 Å². The molecule has 0 radical (unpaired) electrons. The van der Waals surface area contributed by atoms with Crippen molar-refractivity contribution in [1.82, 2.24) is 29.3 Å². The summed E-state index contributed by atoms with van der Waals surface area (Å²) in [6.45, 7) is 8.68. The van der Waals surface area contributed by atoms with E-state index in [-0.39, 0.29) is 0 Å². The van der Waals surface area contributed by atoms with Crippen LogP contribution in [-0.4, -0.2) is 69.1 Å². The molecular formula is C16H24N6. The van der Waals surface area contributed by atoms with Gasteiger partial charge in [-0.1, -0.05) is 6.92 Å². The van der Waals surface area contributed by atoms with Gasteiger partial charge >= 0.3 is 0 Å². The highest BCUT2D eigenvalue weighted by atomic mass is 15.3. The summed E-state index contributed by atoms with van der Waals surface area (Å²) >= 11 is 0. The highest BCUT2D eigenvalue weighted by molar-refractivity contribution is 5.48. The first-order valence-electron chi connectivity index (χ1n) is 8.00. The molecule has 0 N–H and O–H groups in total. The second-order valence-electron chi connectivity index (χ2n) is 5.80. The maximum Gasteiger partial charge on any atom is 0.158 e. The minimum absolute atomic E-state index is 0.843. The maximum atomic E-state index is 4.58. The number of hydrogen-bond donors (Lipinski definition) is 0. The highest BCUT2D eigenvalue weighted by Crippen LogP contribution is 2.15. The smallest absolute Gasteiger partial charge is 0.158 e. The SMILES string of the molecule is CCc1nccc(-c2nccn2CCN2CCN(C)CC2)n1. The topological polar surface area (TPSA) is 50.1 Å². The number of aromatic nitrogens is 4. The van der Waals surface area contributed by atoms with Crippen LogP contribution in [-0.2, 0) is 13.0 Å². The summed E-state index contributed by atoms with van der Waals surface area (Å²) in [5.74, 6) is 1.80. The zero-order valence-electron chi connectivity index (χ0n) is 13.4. The molecule has 22 heavy (non-hydrogen) atoms. The van der Waals surface area contributed by atoms with Crippen molar-refractivity contribution in [3.8, 4) is 11.5 Å². The van der Waals surface area contributed by atoms with Gasteiger partial charge in [0.05, 0.1) is 0 Å². The summed E-state index contributed by atoms with van der Waals surface area (Å²) in [7, 11) is 2.19. The molecule has 0 atom stereocenters. The maximum absolute atomic E-state index is 4.58. The molecule has 1 aliphatic rings. The first-order chi connectivity index (χ1) is 10.8. The molecule has 6 nitrogen and oxygen atoms in total. The van der Waals surface area contributed by atoms with Gasteiger partial charge in [-0.2, -0.15) is 0 Å². The van der Waals surface area contributed by atoms with E-state index in [4.69, 9.17) is 0 Å². The molecule has 0 spiro atoms. The lowest BCUT2D eigenvalue weighted by Crippen LogP contribution is -2.45. The standard InChI is InChI=1S/C16H24N6/c1-3-15-17-5-4-14(19-15)16-18-6-7-22(16)13-12-21-10-8-20(2)9-11-21/h4-7H,3,8-13H2,1-2H3. The third-order valence-electron chi connectivity index (χ3n) is 4.22. The average Bonchev–Trinajstić information content (AvgIpc) is 3.03. The van der Waals surface area contributed by atoms with Crippen LogP contribution >= 0.6 is 0 Å². The number of imidazole rings is 1. The highest BCUT2D eigenvalue weighted by Gasteiger charge is 2.14. The van der Waals surface area contributed by atoms with Crippen molar-refractivity contribution in [2.75, 3.05) is 39.8 Å². The minimum atomic E-state index is 0.843. The molecular weight excluding hydrogens is 276 g/mol. The van der Waals surface area contributed by atoms with Gasteiger partial charge in [0.2, 0.25) is 0 Å². The van der Waals surface area contributed by atoms with Crippen LogP contribution < -0.4 is 0 Å². The van der Waals surface area contributed by atoms with Crippen molar-refractivity contribution >= 4 is 0 Å². The van der Waals surface area contributed by atoms with Crippen molar-refractivity contribution in [3.63, 3.8) is 0 Å². The number of aryl methyl sites for hydroxylation is 1. The van der Waals surface area contributed by atoms with E-state index in [1.165, 1.54) is 0 Å². The van der Waals surface area contributed by atoms with Crippen molar-refractivity contribution in [3.05, 3.63) is 30.5 Å². The Bertz CT molecular complexity index is 600. The third-order valence-corrected chi connectivity index (χ3v) is 4.22. The fraction of sp³-hybridized carbons (Fsp3) is 0.562. The molecule has 3 rings (SSSR count). The van der Waals surface area contributed by atoms with Crippen LogP contribution in [0, 0.1) is 0 Å². The molecule has 0 aliphatic carbocycles. The number of piperazine rings is 1. The van der Waals surface area contributed by atoms with Gasteiger partial charge in [-0.15, -0.1) is 0 Å². The monoisotopic (exact) mass is 300 g/mol. The molecule has 0 unspecified atom stereocenters. The van der Waals surface area contributed by atoms with Gasteiger partial charge in [-0.3, -0.25) is 4.90 Å². The molecule has 0 bridgehead atoms. The third kappa shape index (κ3) is 3.51. The Hall–Kier alpha value is -1.79. The van der Waals surface area contributed by atoms with E-state index in [9.17, 15) is 0 Å². The zero-order chi connectivity index (χ0) is 15.4. The van der Waals surface area contributed by atoms with E-state index in [1.54, 1.807) is 0 Å². The molecule has 6 heteroatoms. The Balaban J connectivity index is 1.67. The Labute approximate surface area is 131 Å². The number of likely N-dealkylation sites (N-methyl/N-ethyl adjacent to an activating group) is 1. The predicted octanol–water partition coefficient (Wildman–Crippen LogP) is 1.15. The van der Waals surface area contributed by atoms with E-state index in [0.29, 0.717) is 0 Å². The first-order valence-corrected chi connectivity index (χ1v) is 8.00.